The molecule has 7 rings (SSSR count). The van der Waals surface area contributed by atoms with Crippen molar-refractivity contribution in [3.05, 3.63) is 79.1 Å². The smallest absolute Gasteiger partial charge is 0.227 e. The molecule has 0 saturated heterocycles. The van der Waals surface area contributed by atoms with Gasteiger partial charge in [-0.2, -0.15) is 5.10 Å². The molecule has 1 aliphatic carbocycles. The lowest BCUT2D eigenvalue weighted by Crippen LogP contribution is -2.28. The summed E-state index contributed by atoms with van der Waals surface area (Å²) in [7, 11) is 0. The maximum absolute atomic E-state index is 13.9. The van der Waals surface area contributed by atoms with Gasteiger partial charge >= 0.3 is 0 Å². The fraction of sp³-hybridized carbons (Fsp3) is 0.138. The molecule has 38 heavy (non-hydrogen) atoms. The van der Waals surface area contributed by atoms with E-state index in [2.05, 4.69) is 35.5 Å². The fourth-order valence-electron chi connectivity index (χ4n) is 4.91. The second kappa shape index (κ2) is 8.88. The van der Waals surface area contributed by atoms with Crippen LogP contribution in [0.4, 0.5) is 10.1 Å². The summed E-state index contributed by atoms with van der Waals surface area (Å²) in [5, 5.41) is 12.3. The molecule has 5 heterocycles. The van der Waals surface area contributed by atoms with Crippen molar-refractivity contribution >= 4 is 33.5 Å². The van der Waals surface area contributed by atoms with Gasteiger partial charge in [0, 0.05) is 34.6 Å². The molecule has 6 aromatic rings. The predicted octanol–water partition coefficient (Wildman–Crippen LogP) is 6.11. The molecule has 0 bridgehead atoms. The Labute approximate surface area is 216 Å². The average Bonchev–Trinajstić information content (AvgIpc) is 3.51. The molecule has 0 spiro atoms. The quantitative estimate of drug-likeness (QED) is 0.263. The van der Waals surface area contributed by atoms with Crippen molar-refractivity contribution < 1.29 is 9.18 Å². The second-order valence-electron chi connectivity index (χ2n) is 9.58. The van der Waals surface area contributed by atoms with Crippen LogP contribution in [0.2, 0.25) is 0 Å². The third kappa shape index (κ3) is 3.88. The van der Waals surface area contributed by atoms with Crippen molar-refractivity contribution in [1.29, 1.82) is 0 Å². The normalized spacial score (nSPS) is 13.6. The molecular formula is C29H22FN7O. The van der Waals surface area contributed by atoms with Crippen LogP contribution >= 0.6 is 0 Å². The number of fused-ring (bicyclic) bond motifs is 2. The Kier molecular flexibility index (Phi) is 5.21. The number of carbonyl (C=O) groups excluding carboxylic acids is 1. The van der Waals surface area contributed by atoms with Gasteiger partial charge in [0.05, 0.1) is 35.0 Å². The van der Waals surface area contributed by atoms with Gasteiger partial charge in [0.15, 0.2) is 0 Å². The minimum atomic E-state index is -0.289. The molecule has 5 aromatic heterocycles. The molecule has 1 aromatic carbocycles. The number of nitrogens with zero attached hydrogens (tertiary/aromatic N) is 4. The van der Waals surface area contributed by atoms with E-state index in [-0.39, 0.29) is 17.6 Å². The first kappa shape index (κ1) is 22.3. The largest absolute Gasteiger partial charge is 0.338 e. The highest BCUT2D eigenvalue weighted by Crippen LogP contribution is 2.34. The van der Waals surface area contributed by atoms with Gasteiger partial charge in [-0.3, -0.25) is 19.9 Å². The van der Waals surface area contributed by atoms with Crippen molar-refractivity contribution in [3.63, 3.8) is 0 Å². The van der Waals surface area contributed by atoms with E-state index in [9.17, 15) is 9.18 Å². The average molecular weight is 504 g/mol. The molecule has 0 aliphatic heterocycles. The van der Waals surface area contributed by atoms with E-state index < -0.39 is 0 Å². The van der Waals surface area contributed by atoms with Crippen molar-refractivity contribution in [2.24, 2.45) is 5.92 Å². The highest BCUT2D eigenvalue weighted by atomic mass is 19.1. The van der Waals surface area contributed by atoms with Crippen LogP contribution < -0.4 is 5.32 Å². The van der Waals surface area contributed by atoms with Crippen LogP contribution in [-0.2, 0) is 4.79 Å². The first-order chi connectivity index (χ1) is 18.6. The Morgan fingerprint density at radius 1 is 0.974 bits per heavy atom. The van der Waals surface area contributed by atoms with Crippen molar-refractivity contribution in [2.45, 2.75) is 19.3 Å². The van der Waals surface area contributed by atoms with Crippen LogP contribution in [0.5, 0.6) is 0 Å². The number of hydrogen-bond acceptors (Lipinski definition) is 5. The number of anilines is 1. The number of hydrogen-bond donors (Lipinski definition) is 3. The Hall–Kier alpha value is -4.92. The molecule has 0 atom stereocenters. The highest BCUT2D eigenvalue weighted by Gasteiger charge is 2.25. The summed E-state index contributed by atoms with van der Waals surface area (Å²) in [6, 6.07) is 14.2. The van der Waals surface area contributed by atoms with Crippen molar-refractivity contribution in [1.82, 2.24) is 30.1 Å². The van der Waals surface area contributed by atoms with Crippen LogP contribution in [0.25, 0.3) is 55.7 Å². The van der Waals surface area contributed by atoms with Gasteiger partial charge in [0.1, 0.15) is 17.2 Å². The van der Waals surface area contributed by atoms with E-state index in [4.69, 9.17) is 0 Å². The van der Waals surface area contributed by atoms with Gasteiger partial charge in [-0.15, -0.1) is 0 Å². The molecule has 1 saturated carbocycles. The first-order valence-corrected chi connectivity index (χ1v) is 12.5. The number of aromatic nitrogens is 6. The number of amides is 1. The third-order valence-electron chi connectivity index (χ3n) is 7.15. The maximum atomic E-state index is 13.9. The van der Waals surface area contributed by atoms with Gasteiger partial charge in [-0.1, -0.05) is 18.6 Å². The fourth-order valence-corrected chi connectivity index (χ4v) is 4.91. The van der Waals surface area contributed by atoms with Gasteiger partial charge in [0.25, 0.3) is 0 Å². The van der Waals surface area contributed by atoms with Crippen LogP contribution in [0.15, 0.2) is 73.3 Å². The molecule has 0 radical (unpaired) electrons. The number of rotatable bonds is 5. The molecule has 186 valence electrons. The van der Waals surface area contributed by atoms with Gasteiger partial charge in [0.2, 0.25) is 5.91 Å². The lowest BCUT2D eigenvalue weighted by Gasteiger charge is -2.24. The zero-order valence-electron chi connectivity index (χ0n) is 20.2. The van der Waals surface area contributed by atoms with Crippen LogP contribution in [-0.4, -0.2) is 36.0 Å². The second-order valence-corrected chi connectivity index (χ2v) is 9.58. The SMILES string of the molecule is O=C(Nc1cncc(-c2cc3c(-c4cc5c(-c6cccc(F)c6)ccnc5[nH]4)n[nH]c3cn2)c1)C1CCC1. The molecule has 3 N–H and O–H groups in total. The summed E-state index contributed by atoms with van der Waals surface area (Å²) < 4.78 is 13.9. The van der Waals surface area contributed by atoms with E-state index >= 15 is 0 Å². The molecule has 1 aliphatic rings. The van der Waals surface area contributed by atoms with Gasteiger partial charge in [-0.05, 0) is 60.4 Å². The number of nitrogens with one attached hydrogen (secondary N) is 3. The molecule has 1 amide bonds. The Morgan fingerprint density at radius 3 is 2.74 bits per heavy atom. The summed E-state index contributed by atoms with van der Waals surface area (Å²) >= 11 is 0. The standard InChI is InChI=1S/C29H22FN7O/c30-19-6-2-5-17(9-19)21-7-8-32-28-22(21)11-25(35-28)27-23-12-24(33-15-26(23)36-37-27)18-10-20(14-31-13-18)34-29(38)16-3-1-4-16/h2,5-16H,1,3-4H2,(H,32,35)(H,34,38)(H,36,37). The van der Waals surface area contributed by atoms with Gasteiger partial charge in [-0.25, -0.2) is 9.37 Å². The van der Waals surface area contributed by atoms with Gasteiger partial charge < -0.3 is 10.3 Å². The monoisotopic (exact) mass is 503 g/mol. The minimum absolute atomic E-state index is 0.0424. The Morgan fingerprint density at radius 2 is 1.89 bits per heavy atom. The van der Waals surface area contributed by atoms with Crippen LogP contribution in [0, 0.1) is 11.7 Å². The van der Waals surface area contributed by atoms with Crippen molar-refractivity contribution in [2.75, 3.05) is 5.32 Å². The topological polar surface area (TPSA) is 112 Å². The lowest BCUT2D eigenvalue weighted by atomic mass is 9.85. The Balaban J connectivity index is 1.26. The van der Waals surface area contributed by atoms with E-state index in [1.165, 1.54) is 12.1 Å². The minimum Gasteiger partial charge on any atom is -0.338 e. The summed E-state index contributed by atoms with van der Waals surface area (Å²) in [5.41, 5.74) is 6.77. The van der Waals surface area contributed by atoms with Crippen LogP contribution in [0.1, 0.15) is 19.3 Å². The number of H-pyrrole nitrogens is 2. The molecule has 1 fully saturated rings. The number of pyridine rings is 3. The zero-order valence-corrected chi connectivity index (χ0v) is 20.2. The zero-order chi connectivity index (χ0) is 25.6. The maximum Gasteiger partial charge on any atom is 0.227 e. The molecular weight excluding hydrogens is 481 g/mol. The third-order valence-corrected chi connectivity index (χ3v) is 7.15. The van der Waals surface area contributed by atoms with E-state index in [0.717, 1.165) is 57.9 Å². The number of carbonyl (C=O) groups is 1. The highest BCUT2D eigenvalue weighted by molar-refractivity contribution is 6.00. The number of aromatic amines is 2. The van der Waals surface area contributed by atoms with E-state index in [1.807, 2.05) is 30.3 Å². The molecule has 8 nitrogen and oxygen atoms in total. The number of halogens is 1. The lowest BCUT2D eigenvalue weighted by molar-refractivity contribution is -0.122. The predicted molar refractivity (Wildman–Crippen MR) is 144 cm³/mol. The van der Waals surface area contributed by atoms with Crippen LogP contribution in [0.3, 0.4) is 0 Å². The van der Waals surface area contributed by atoms with E-state index in [1.54, 1.807) is 30.9 Å². The number of benzene rings is 1. The summed E-state index contributed by atoms with van der Waals surface area (Å²) in [5.74, 6) is -0.155. The molecule has 0 unspecified atom stereocenters. The Bertz CT molecular complexity index is 1840. The summed E-state index contributed by atoms with van der Waals surface area (Å²) in [6.45, 7) is 0. The summed E-state index contributed by atoms with van der Waals surface area (Å²) in [6.07, 6.45) is 9.80. The molecule has 9 heteroatoms. The summed E-state index contributed by atoms with van der Waals surface area (Å²) in [4.78, 5) is 29.1. The van der Waals surface area contributed by atoms with Crippen molar-refractivity contribution in [3.8, 4) is 33.8 Å². The first-order valence-electron chi connectivity index (χ1n) is 12.5. The van der Waals surface area contributed by atoms with E-state index in [0.29, 0.717) is 22.7 Å².